The second kappa shape index (κ2) is 22.3. The highest BCUT2D eigenvalue weighted by Crippen LogP contribution is 2.41. The van der Waals surface area contributed by atoms with E-state index in [0.717, 1.165) is 41.0 Å². The van der Waals surface area contributed by atoms with Crippen molar-refractivity contribution < 1.29 is 9.47 Å². The molecule has 5 rings (SSSR count). The van der Waals surface area contributed by atoms with Crippen LogP contribution in [0.25, 0.3) is 4.91 Å². The Morgan fingerprint density at radius 3 is 2.36 bits per heavy atom. The highest BCUT2D eigenvalue weighted by Gasteiger charge is 2.36. The average molecular weight is 641 g/mol. The van der Waals surface area contributed by atoms with Crippen molar-refractivity contribution in [2.24, 2.45) is 0 Å². The molecule has 0 fully saturated rings. The first-order valence-electron chi connectivity index (χ1n) is 16.5. The Hall–Kier alpha value is -4.27. The molecule has 0 saturated carbocycles. The van der Waals surface area contributed by atoms with Gasteiger partial charge in [0.2, 0.25) is 0 Å². The van der Waals surface area contributed by atoms with Gasteiger partial charge in [0.25, 0.3) is 0 Å². The summed E-state index contributed by atoms with van der Waals surface area (Å²) in [7, 11) is 0. The van der Waals surface area contributed by atoms with Gasteiger partial charge in [-0.15, -0.1) is 24.1 Å². The fourth-order valence-electron chi connectivity index (χ4n) is 5.03. The molecule has 2 aliphatic rings. The molecule has 1 aliphatic carbocycles. The molecule has 1 unspecified atom stereocenters. The molecule has 1 heterocycles. The Labute approximate surface area is 288 Å². The highest BCUT2D eigenvalue weighted by molar-refractivity contribution is 8.08. The maximum atomic E-state index is 7.13. The molecule has 2 nitrogen and oxygen atoms in total. The van der Waals surface area contributed by atoms with Gasteiger partial charge in [0.1, 0.15) is 5.75 Å². The highest BCUT2D eigenvalue weighted by atomic mass is 32.2. The van der Waals surface area contributed by atoms with Gasteiger partial charge < -0.3 is 9.47 Å². The zero-order valence-corrected chi connectivity index (χ0v) is 28.8. The van der Waals surface area contributed by atoms with Crippen molar-refractivity contribution in [1.82, 2.24) is 0 Å². The van der Waals surface area contributed by atoms with Gasteiger partial charge in [-0.1, -0.05) is 135 Å². The third-order valence-electron chi connectivity index (χ3n) is 7.27. The molecule has 47 heavy (non-hydrogen) atoms. The normalized spacial score (nSPS) is 13.6. The molecule has 1 aliphatic heterocycles. The Morgan fingerprint density at radius 2 is 1.72 bits per heavy atom. The summed E-state index contributed by atoms with van der Waals surface area (Å²) in [5, 5.41) is 0. The number of hydrogen-bond donors (Lipinski definition) is 0. The zero-order valence-electron chi connectivity index (χ0n) is 27.9. The summed E-state index contributed by atoms with van der Waals surface area (Å²) in [6.07, 6.45) is 27.8. The molecule has 0 spiro atoms. The minimum atomic E-state index is -0.798. The summed E-state index contributed by atoms with van der Waals surface area (Å²) in [4.78, 5) is 1.30. The van der Waals surface area contributed by atoms with Gasteiger partial charge in [0.05, 0.1) is 13.2 Å². The summed E-state index contributed by atoms with van der Waals surface area (Å²) in [6.45, 7) is 14.0. The molecule has 242 valence electrons. The Morgan fingerprint density at radius 1 is 0.957 bits per heavy atom. The van der Waals surface area contributed by atoms with Crippen LogP contribution in [0.3, 0.4) is 0 Å². The van der Waals surface area contributed by atoms with E-state index in [4.69, 9.17) is 16.1 Å². The van der Waals surface area contributed by atoms with E-state index >= 15 is 0 Å². The Balaban J connectivity index is 0.000000664. The predicted octanol–water partition coefficient (Wildman–Crippen LogP) is 11.9. The standard InChI is InChI=1S/C36H34O2S.C6H8.C2H6/c1-3-5-7-8-9-16-25-36(32-18-12-10-13-19-32,33-20-14-11-15-21-33)38-34-24-23-30(35-22-17-27-39-35)28-31(34)29-37-26-6-4-2;1-2-4-6-5-3-1;1-2/h2-3,6-16,18-20,22-24,28H,1,5,17,25-27,29H2;1-4H,5-6H2;1-2H3/b8-7-,16-9-;;. The van der Waals surface area contributed by atoms with Gasteiger partial charge in [-0.05, 0) is 62.1 Å². The summed E-state index contributed by atoms with van der Waals surface area (Å²) >= 11 is 1.89. The maximum Gasteiger partial charge on any atom is 0.163 e. The van der Waals surface area contributed by atoms with Gasteiger partial charge in [-0.3, -0.25) is 0 Å². The number of ether oxygens (including phenoxy) is 2. The van der Waals surface area contributed by atoms with Gasteiger partial charge in [-0.2, -0.15) is 0 Å². The lowest BCUT2D eigenvalue weighted by Gasteiger charge is -2.36. The van der Waals surface area contributed by atoms with Gasteiger partial charge in [0.15, 0.2) is 5.60 Å². The third kappa shape index (κ3) is 12.1. The number of rotatable bonds is 14. The smallest absolute Gasteiger partial charge is 0.163 e. The lowest BCUT2D eigenvalue weighted by Crippen LogP contribution is -2.34. The fraction of sp³-hybridized carbons (Fsp3) is 0.250. The molecular weight excluding hydrogens is 593 g/mol. The molecule has 0 amide bonds. The summed E-state index contributed by atoms with van der Waals surface area (Å²) in [6, 6.07) is 28.3. The SMILES string of the molecule is C1=CCCC=C1.CC.[CH]=C=CCOCc1cc(C2=CCCS2)ccc1OC(C/C=C\C=C/CC=C)(c1[c]cccc1)c1ccccc1. The molecule has 2 radical (unpaired) electrons. The van der Waals surface area contributed by atoms with Crippen LogP contribution in [-0.4, -0.2) is 12.4 Å². The van der Waals surface area contributed by atoms with Gasteiger partial charge >= 0.3 is 0 Å². The van der Waals surface area contributed by atoms with Crippen LogP contribution in [-0.2, 0) is 16.9 Å². The number of hydrogen-bond acceptors (Lipinski definition) is 3. The number of thioether (sulfide) groups is 1. The topological polar surface area (TPSA) is 18.5 Å². The molecule has 0 bridgehead atoms. The quantitative estimate of drug-likeness (QED) is 0.0756. The summed E-state index contributed by atoms with van der Waals surface area (Å²) in [5.41, 5.74) is 5.92. The van der Waals surface area contributed by atoms with Crippen LogP contribution >= 0.6 is 11.8 Å². The van der Waals surface area contributed by atoms with E-state index in [1.54, 1.807) is 6.08 Å². The largest absolute Gasteiger partial charge is 0.477 e. The second-order valence-corrected chi connectivity index (χ2v) is 11.6. The lowest BCUT2D eigenvalue weighted by atomic mass is 9.83. The van der Waals surface area contributed by atoms with E-state index in [0.29, 0.717) is 19.6 Å². The molecule has 3 aromatic carbocycles. The van der Waals surface area contributed by atoms with E-state index in [2.05, 4.69) is 122 Å². The minimum Gasteiger partial charge on any atom is -0.477 e. The summed E-state index contributed by atoms with van der Waals surface area (Å²) < 4.78 is 13.1. The molecule has 3 heteroatoms. The van der Waals surface area contributed by atoms with E-state index in [1.165, 1.54) is 23.3 Å². The molecule has 0 N–H and O–H groups in total. The monoisotopic (exact) mass is 640 g/mol. The van der Waals surface area contributed by atoms with Crippen LogP contribution in [0.4, 0.5) is 0 Å². The van der Waals surface area contributed by atoms with E-state index in [1.807, 2.05) is 56.0 Å². The molecule has 0 saturated heterocycles. The number of allylic oxidation sites excluding steroid dienone is 9. The van der Waals surface area contributed by atoms with Crippen LogP contribution in [0.5, 0.6) is 5.75 Å². The minimum absolute atomic E-state index is 0.383. The van der Waals surface area contributed by atoms with Crippen LogP contribution < -0.4 is 4.74 Å². The van der Waals surface area contributed by atoms with Crippen LogP contribution in [0.15, 0.2) is 152 Å². The van der Waals surface area contributed by atoms with Crippen molar-refractivity contribution in [3.63, 3.8) is 0 Å². The molecule has 0 aromatic heterocycles. The van der Waals surface area contributed by atoms with E-state index in [-0.39, 0.29) is 0 Å². The van der Waals surface area contributed by atoms with E-state index in [9.17, 15) is 0 Å². The number of benzene rings is 3. The average Bonchev–Trinajstić information content (AvgIpc) is 3.70. The van der Waals surface area contributed by atoms with Crippen molar-refractivity contribution in [2.45, 2.75) is 58.2 Å². The van der Waals surface area contributed by atoms with Crippen molar-refractivity contribution in [3.05, 3.63) is 187 Å². The first-order valence-corrected chi connectivity index (χ1v) is 17.5. The molecular formula is C44H48O2S. The molecule has 3 aromatic rings. The first-order chi connectivity index (χ1) is 23.3. The van der Waals surface area contributed by atoms with Crippen molar-refractivity contribution in [2.75, 3.05) is 12.4 Å². The molecule has 1 atom stereocenters. The third-order valence-corrected chi connectivity index (χ3v) is 8.42. The van der Waals surface area contributed by atoms with Crippen LogP contribution in [0.1, 0.15) is 68.2 Å². The van der Waals surface area contributed by atoms with Crippen molar-refractivity contribution in [3.8, 4) is 5.75 Å². The second-order valence-electron chi connectivity index (χ2n) is 10.5. The maximum absolute atomic E-state index is 7.13. The Kier molecular flexibility index (Phi) is 17.6. The zero-order chi connectivity index (χ0) is 33.4. The Bertz CT molecular complexity index is 1480. The lowest BCUT2D eigenvalue weighted by molar-refractivity contribution is 0.102. The van der Waals surface area contributed by atoms with Gasteiger partial charge in [0, 0.05) is 33.8 Å². The van der Waals surface area contributed by atoms with Crippen molar-refractivity contribution in [1.29, 1.82) is 0 Å². The summed E-state index contributed by atoms with van der Waals surface area (Å²) in [5.74, 6) is 1.89. The van der Waals surface area contributed by atoms with Crippen molar-refractivity contribution >= 4 is 16.7 Å². The van der Waals surface area contributed by atoms with Crippen LogP contribution in [0, 0.1) is 12.6 Å². The van der Waals surface area contributed by atoms with Gasteiger partial charge in [-0.25, -0.2) is 0 Å². The first kappa shape index (κ1) is 37.2. The van der Waals surface area contributed by atoms with Crippen LogP contribution in [0.2, 0.25) is 0 Å². The predicted molar refractivity (Wildman–Crippen MR) is 203 cm³/mol. The fourth-order valence-corrected chi connectivity index (χ4v) is 6.01. The van der Waals surface area contributed by atoms with E-state index < -0.39 is 5.60 Å².